The molecule has 0 spiro atoms. The van der Waals surface area contributed by atoms with Crippen LogP contribution in [0.5, 0.6) is 0 Å². The molecule has 0 saturated heterocycles. The summed E-state index contributed by atoms with van der Waals surface area (Å²) in [5.41, 5.74) is 1.55. The second kappa shape index (κ2) is 4.07. The van der Waals surface area contributed by atoms with Crippen LogP contribution in [0.2, 0.25) is 5.02 Å². The molecule has 0 unspecified atom stereocenters. The summed E-state index contributed by atoms with van der Waals surface area (Å²) in [7, 11) is 0. The van der Waals surface area contributed by atoms with Gasteiger partial charge in [-0.1, -0.05) is 17.7 Å². The maximum atomic E-state index is 11.9. The minimum Gasteiger partial charge on any atom is -0.489 e. The molecule has 0 saturated carbocycles. The van der Waals surface area contributed by atoms with Gasteiger partial charge in [-0.3, -0.25) is 4.79 Å². The Morgan fingerprint density at radius 2 is 2.27 bits per heavy atom. The van der Waals surface area contributed by atoms with Crippen LogP contribution in [0.15, 0.2) is 30.0 Å². The lowest BCUT2D eigenvalue weighted by molar-refractivity contribution is 0.0942. The summed E-state index contributed by atoms with van der Waals surface area (Å²) < 4.78 is 5.21. The number of aryl methyl sites for hydroxylation is 1. The second-order valence-corrected chi connectivity index (χ2v) is 3.93. The summed E-state index contributed by atoms with van der Waals surface area (Å²) in [6, 6.07) is 5.39. The summed E-state index contributed by atoms with van der Waals surface area (Å²) in [5.74, 6) is 0.290. The molecular formula is C12H11ClO2. The number of hydrogen-bond acceptors (Lipinski definition) is 2. The number of hydrogen-bond donors (Lipinski definition) is 0. The van der Waals surface area contributed by atoms with E-state index in [9.17, 15) is 4.79 Å². The summed E-state index contributed by atoms with van der Waals surface area (Å²) in [6.07, 6.45) is 2.60. The molecule has 0 fully saturated rings. The fourth-order valence-electron chi connectivity index (χ4n) is 1.51. The van der Waals surface area contributed by atoms with E-state index in [-0.39, 0.29) is 5.78 Å². The van der Waals surface area contributed by atoms with Crippen molar-refractivity contribution < 1.29 is 9.53 Å². The van der Waals surface area contributed by atoms with E-state index < -0.39 is 0 Å². The van der Waals surface area contributed by atoms with Gasteiger partial charge in [0.15, 0.2) is 5.76 Å². The summed E-state index contributed by atoms with van der Waals surface area (Å²) >= 11 is 6.00. The van der Waals surface area contributed by atoms with Crippen molar-refractivity contribution in [1.82, 2.24) is 0 Å². The zero-order valence-corrected chi connectivity index (χ0v) is 9.17. The molecule has 1 aromatic carbocycles. The van der Waals surface area contributed by atoms with Gasteiger partial charge in [-0.15, -0.1) is 0 Å². The van der Waals surface area contributed by atoms with Crippen molar-refractivity contribution in [3.05, 3.63) is 46.2 Å². The number of allylic oxidation sites excluding steroid dienone is 1. The molecule has 0 amide bonds. The largest absolute Gasteiger partial charge is 0.489 e. The van der Waals surface area contributed by atoms with Crippen molar-refractivity contribution in [3.8, 4) is 0 Å². The zero-order valence-electron chi connectivity index (χ0n) is 8.42. The molecule has 0 atom stereocenters. The van der Waals surface area contributed by atoms with Gasteiger partial charge in [-0.2, -0.15) is 0 Å². The molecule has 15 heavy (non-hydrogen) atoms. The highest BCUT2D eigenvalue weighted by Crippen LogP contribution is 2.23. The van der Waals surface area contributed by atoms with Crippen LogP contribution < -0.4 is 0 Å². The molecule has 0 N–H and O–H groups in total. The lowest BCUT2D eigenvalue weighted by Gasteiger charge is -2.05. The van der Waals surface area contributed by atoms with E-state index >= 15 is 0 Å². The third kappa shape index (κ3) is 2.05. The highest BCUT2D eigenvalue weighted by Gasteiger charge is 2.19. The number of carbonyl (C=O) groups excluding carboxylic acids is 1. The third-order valence-electron chi connectivity index (χ3n) is 2.30. The number of Topliss-reactive ketones (excluding diaryl/α,β-unsaturated/α-hetero) is 1. The number of ketones is 1. The molecule has 0 radical (unpaired) electrons. The van der Waals surface area contributed by atoms with Crippen LogP contribution >= 0.6 is 11.6 Å². The Morgan fingerprint density at radius 1 is 1.47 bits per heavy atom. The van der Waals surface area contributed by atoms with E-state index in [2.05, 4.69) is 0 Å². The van der Waals surface area contributed by atoms with Gasteiger partial charge in [-0.05, 0) is 30.7 Å². The van der Waals surface area contributed by atoms with Crippen molar-refractivity contribution in [2.45, 2.75) is 13.3 Å². The van der Waals surface area contributed by atoms with E-state index in [1.807, 2.05) is 13.0 Å². The van der Waals surface area contributed by atoms with Crippen molar-refractivity contribution >= 4 is 17.4 Å². The first-order chi connectivity index (χ1) is 7.18. The van der Waals surface area contributed by atoms with Gasteiger partial charge >= 0.3 is 0 Å². The molecular weight excluding hydrogens is 212 g/mol. The average molecular weight is 223 g/mol. The molecule has 1 heterocycles. The van der Waals surface area contributed by atoms with Gasteiger partial charge in [0.05, 0.1) is 11.6 Å². The maximum absolute atomic E-state index is 11.9. The summed E-state index contributed by atoms with van der Waals surface area (Å²) in [5, 5.41) is 0.483. The van der Waals surface area contributed by atoms with Crippen LogP contribution in [0.3, 0.4) is 0 Å². The normalized spacial score (nSPS) is 14.7. The predicted octanol–water partition coefficient (Wildman–Crippen LogP) is 3.14. The molecule has 0 aromatic heterocycles. The number of ether oxygens (including phenoxy) is 1. The Bertz CT molecular complexity index is 435. The monoisotopic (exact) mass is 222 g/mol. The maximum Gasteiger partial charge on any atom is 0.228 e. The first-order valence-corrected chi connectivity index (χ1v) is 5.20. The standard InChI is InChI=1S/C12H11ClO2/c1-8-4-5-9(10(13)7-8)12(14)11-3-2-6-15-11/h3-5,7H,2,6H2,1H3. The van der Waals surface area contributed by atoms with Gasteiger partial charge in [0.2, 0.25) is 5.78 Å². The Balaban J connectivity index is 2.33. The Hall–Kier alpha value is -1.28. The fourth-order valence-corrected chi connectivity index (χ4v) is 1.83. The van der Waals surface area contributed by atoms with E-state index in [4.69, 9.17) is 16.3 Å². The first kappa shape index (κ1) is 10.2. The van der Waals surface area contributed by atoms with Gasteiger partial charge < -0.3 is 4.74 Å². The van der Waals surface area contributed by atoms with E-state index in [1.165, 1.54) is 0 Å². The number of carbonyl (C=O) groups is 1. The molecule has 2 nitrogen and oxygen atoms in total. The van der Waals surface area contributed by atoms with E-state index in [1.54, 1.807) is 18.2 Å². The lowest BCUT2D eigenvalue weighted by Crippen LogP contribution is -2.04. The average Bonchev–Trinajstić information content (AvgIpc) is 2.69. The van der Waals surface area contributed by atoms with Gasteiger partial charge in [0.1, 0.15) is 0 Å². The molecule has 0 aliphatic carbocycles. The second-order valence-electron chi connectivity index (χ2n) is 3.52. The predicted molar refractivity (Wildman–Crippen MR) is 59.2 cm³/mol. The van der Waals surface area contributed by atoms with Crippen molar-refractivity contribution in [2.75, 3.05) is 6.61 Å². The summed E-state index contributed by atoms with van der Waals surface area (Å²) in [4.78, 5) is 11.9. The highest BCUT2D eigenvalue weighted by molar-refractivity contribution is 6.34. The molecule has 1 aromatic rings. The quantitative estimate of drug-likeness (QED) is 0.719. The van der Waals surface area contributed by atoms with Crippen molar-refractivity contribution in [1.29, 1.82) is 0 Å². The minimum atomic E-state index is -0.127. The van der Waals surface area contributed by atoms with Crippen LogP contribution in [0.4, 0.5) is 0 Å². The fraction of sp³-hybridized carbons (Fsp3) is 0.250. The van der Waals surface area contributed by atoms with Crippen LogP contribution in [0, 0.1) is 6.92 Å². The first-order valence-electron chi connectivity index (χ1n) is 4.82. The van der Waals surface area contributed by atoms with Crippen LogP contribution in [-0.4, -0.2) is 12.4 Å². The molecule has 1 aliphatic rings. The Kier molecular flexibility index (Phi) is 2.78. The van der Waals surface area contributed by atoms with Crippen LogP contribution in [0.25, 0.3) is 0 Å². The Morgan fingerprint density at radius 3 is 2.87 bits per heavy atom. The minimum absolute atomic E-state index is 0.127. The third-order valence-corrected chi connectivity index (χ3v) is 2.61. The summed E-state index contributed by atoms with van der Waals surface area (Å²) in [6.45, 7) is 2.52. The van der Waals surface area contributed by atoms with E-state index in [0.29, 0.717) is 23.0 Å². The number of rotatable bonds is 2. The number of halogens is 1. The molecule has 3 heteroatoms. The topological polar surface area (TPSA) is 26.3 Å². The van der Waals surface area contributed by atoms with Crippen molar-refractivity contribution in [2.24, 2.45) is 0 Å². The zero-order chi connectivity index (χ0) is 10.8. The molecule has 0 bridgehead atoms. The van der Waals surface area contributed by atoms with Crippen LogP contribution in [0.1, 0.15) is 22.3 Å². The van der Waals surface area contributed by atoms with E-state index in [0.717, 1.165) is 12.0 Å². The van der Waals surface area contributed by atoms with Gasteiger partial charge in [0.25, 0.3) is 0 Å². The van der Waals surface area contributed by atoms with Gasteiger partial charge in [-0.25, -0.2) is 0 Å². The smallest absolute Gasteiger partial charge is 0.228 e. The van der Waals surface area contributed by atoms with Gasteiger partial charge in [0, 0.05) is 12.0 Å². The SMILES string of the molecule is Cc1ccc(C(=O)C2=CCCO2)c(Cl)c1. The lowest BCUT2D eigenvalue weighted by atomic mass is 10.1. The molecule has 2 rings (SSSR count). The molecule has 1 aliphatic heterocycles. The Labute approximate surface area is 93.5 Å². The van der Waals surface area contributed by atoms with Crippen molar-refractivity contribution in [3.63, 3.8) is 0 Å². The highest BCUT2D eigenvalue weighted by atomic mass is 35.5. The van der Waals surface area contributed by atoms with Crippen LogP contribution in [-0.2, 0) is 4.74 Å². The molecule has 78 valence electrons. The number of benzene rings is 1.